The van der Waals surface area contributed by atoms with Crippen LogP contribution < -0.4 is 5.32 Å². The van der Waals surface area contributed by atoms with Crippen LogP contribution in [0.5, 0.6) is 0 Å². The molecule has 0 radical (unpaired) electrons. The average molecular weight is 245 g/mol. The first-order chi connectivity index (χ1) is 3.92. The molecule has 1 amide bonds. The summed E-state index contributed by atoms with van der Waals surface area (Å²) in [5.74, 6) is -0.199. The molecule has 1 atom stereocenters. The number of alkyl halides is 2. The summed E-state index contributed by atoms with van der Waals surface area (Å²) in [6.45, 7) is 2.84. The predicted molar refractivity (Wildman–Crippen MR) is 42.2 cm³/mol. The van der Waals surface area contributed by atoms with E-state index in [2.05, 4.69) is 5.32 Å². The van der Waals surface area contributed by atoms with Crippen molar-refractivity contribution in [2.75, 3.05) is 6.54 Å². The van der Waals surface area contributed by atoms with Crippen LogP contribution in [0.25, 0.3) is 0 Å². The van der Waals surface area contributed by atoms with Crippen molar-refractivity contribution in [1.29, 1.82) is 0 Å². The molecule has 0 saturated heterocycles. The van der Waals surface area contributed by atoms with E-state index in [4.69, 9.17) is 0 Å². The summed E-state index contributed by atoms with van der Waals surface area (Å²) in [6.07, 6.45) is 0. The Kier molecular flexibility index (Phi) is 3.38. The van der Waals surface area contributed by atoms with Crippen molar-refractivity contribution >= 4 is 28.5 Å². The third kappa shape index (κ3) is 8.13. The van der Waals surface area contributed by atoms with Gasteiger partial charge < -0.3 is 5.32 Å². The Morgan fingerprint density at radius 3 is 2.44 bits per heavy atom. The molecule has 0 heterocycles. The molecular formula is C5H9FINO. The van der Waals surface area contributed by atoms with Crippen LogP contribution in [0.1, 0.15) is 13.8 Å². The molecular weight excluding hydrogens is 236 g/mol. The minimum absolute atomic E-state index is 0.0723. The first-order valence-corrected chi connectivity index (χ1v) is 3.62. The van der Waals surface area contributed by atoms with Crippen LogP contribution >= 0.6 is 22.6 Å². The van der Waals surface area contributed by atoms with E-state index < -0.39 is 3.68 Å². The number of amides is 1. The zero-order valence-electron chi connectivity index (χ0n) is 5.37. The highest BCUT2D eigenvalue weighted by atomic mass is 127. The predicted octanol–water partition coefficient (Wildman–Crippen LogP) is 1.24. The van der Waals surface area contributed by atoms with Crippen LogP contribution in [-0.2, 0) is 4.79 Å². The Morgan fingerprint density at radius 1 is 1.89 bits per heavy atom. The maximum Gasteiger partial charge on any atom is 0.217 e. The molecule has 0 rings (SSSR count). The maximum absolute atomic E-state index is 12.5. The zero-order valence-corrected chi connectivity index (χ0v) is 7.53. The van der Waals surface area contributed by atoms with Crippen molar-refractivity contribution in [3.8, 4) is 0 Å². The first kappa shape index (κ1) is 9.13. The number of nitrogens with one attached hydrogen (secondary N) is 1. The fourth-order valence-electron chi connectivity index (χ4n) is 0.280. The normalized spacial score (nSPS) is 16.4. The van der Waals surface area contributed by atoms with Crippen molar-refractivity contribution in [1.82, 2.24) is 5.32 Å². The second kappa shape index (κ2) is 3.34. The summed E-state index contributed by atoms with van der Waals surface area (Å²) < 4.78 is 11.2. The summed E-state index contributed by atoms with van der Waals surface area (Å²) >= 11 is 1.63. The first-order valence-electron chi connectivity index (χ1n) is 2.54. The lowest BCUT2D eigenvalue weighted by Crippen LogP contribution is -2.31. The third-order valence-electron chi connectivity index (χ3n) is 0.648. The molecule has 9 heavy (non-hydrogen) atoms. The summed E-state index contributed by atoms with van der Waals surface area (Å²) in [4.78, 5) is 10.2. The zero-order chi connectivity index (χ0) is 7.49. The molecule has 0 aromatic rings. The van der Waals surface area contributed by atoms with Crippen LogP contribution in [0.2, 0.25) is 0 Å². The highest BCUT2D eigenvalue weighted by Gasteiger charge is 2.17. The number of carbonyl (C=O) groups is 1. The molecule has 0 aromatic heterocycles. The van der Waals surface area contributed by atoms with E-state index in [9.17, 15) is 9.18 Å². The van der Waals surface area contributed by atoms with Gasteiger partial charge in [-0.05, 0) is 29.5 Å². The van der Waals surface area contributed by atoms with Crippen LogP contribution in [-0.4, -0.2) is 16.1 Å². The molecule has 0 fully saturated rings. The summed E-state index contributed by atoms with van der Waals surface area (Å²) in [5.41, 5.74) is 0. The minimum atomic E-state index is -1.33. The smallest absolute Gasteiger partial charge is 0.217 e. The minimum Gasteiger partial charge on any atom is -0.352 e. The van der Waals surface area contributed by atoms with Gasteiger partial charge in [0, 0.05) is 6.92 Å². The molecule has 1 N–H and O–H groups in total. The van der Waals surface area contributed by atoms with E-state index in [1.54, 1.807) is 22.6 Å². The average Bonchev–Trinajstić information content (AvgIpc) is 1.59. The van der Waals surface area contributed by atoms with E-state index in [0.717, 1.165) is 0 Å². The molecule has 0 aliphatic rings. The molecule has 1 unspecified atom stereocenters. The molecule has 0 spiro atoms. The Hall–Kier alpha value is 0.130. The van der Waals surface area contributed by atoms with E-state index in [-0.39, 0.29) is 12.5 Å². The van der Waals surface area contributed by atoms with Gasteiger partial charge in [-0.2, -0.15) is 0 Å². The molecule has 2 nitrogen and oxygen atoms in total. The number of hydrogen-bond donors (Lipinski definition) is 1. The molecule has 0 aliphatic carbocycles. The van der Waals surface area contributed by atoms with Gasteiger partial charge >= 0.3 is 0 Å². The Labute approximate surface area is 67.3 Å². The fraction of sp³-hybridized carbons (Fsp3) is 0.800. The van der Waals surface area contributed by atoms with E-state index in [1.165, 1.54) is 13.8 Å². The second-order valence-corrected chi connectivity index (χ2v) is 4.23. The Balaban J connectivity index is 3.39. The van der Waals surface area contributed by atoms with Gasteiger partial charge in [0.15, 0.2) is 3.68 Å². The quantitative estimate of drug-likeness (QED) is 0.575. The lowest BCUT2D eigenvalue weighted by Gasteiger charge is -2.10. The highest BCUT2D eigenvalue weighted by molar-refractivity contribution is 14.1. The summed E-state index contributed by atoms with van der Waals surface area (Å²) in [7, 11) is 0. The number of rotatable bonds is 2. The molecule has 54 valence electrons. The monoisotopic (exact) mass is 245 g/mol. The van der Waals surface area contributed by atoms with Crippen LogP contribution in [0, 0.1) is 0 Å². The fourth-order valence-corrected chi connectivity index (χ4v) is 0.470. The van der Waals surface area contributed by atoms with Gasteiger partial charge in [-0.1, -0.05) is 0 Å². The van der Waals surface area contributed by atoms with E-state index in [1.807, 2.05) is 0 Å². The molecule has 0 saturated carbocycles. The molecule has 0 aromatic carbocycles. The van der Waals surface area contributed by atoms with Gasteiger partial charge in [0.1, 0.15) is 0 Å². The second-order valence-electron chi connectivity index (χ2n) is 1.98. The Morgan fingerprint density at radius 2 is 2.33 bits per heavy atom. The number of hydrogen-bond acceptors (Lipinski definition) is 1. The molecule has 0 aliphatic heterocycles. The standard InChI is InChI=1S/C5H9FINO/c1-4(9)8-3-5(2,6)7/h3H2,1-2H3,(H,8,9). The van der Waals surface area contributed by atoms with Gasteiger partial charge in [0.05, 0.1) is 6.54 Å². The van der Waals surface area contributed by atoms with Gasteiger partial charge in [-0.25, -0.2) is 4.39 Å². The van der Waals surface area contributed by atoms with Crippen LogP contribution in [0.3, 0.4) is 0 Å². The van der Waals surface area contributed by atoms with Gasteiger partial charge in [0.2, 0.25) is 5.91 Å². The Bertz CT molecular complexity index is 110. The maximum atomic E-state index is 12.5. The topological polar surface area (TPSA) is 29.1 Å². The summed E-state index contributed by atoms with van der Waals surface area (Å²) in [5, 5.41) is 2.36. The SMILES string of the molecule is CC(=O)NCC(C)(F)I. The lowest BCUT2D eigenvalue weighted by molar-refractivity contribution is -0.119. The largest absolute Gasteiger partial charge is 0.352 e. The van der Waals surface area contributed by atoms with E-state index in [0.29, 0.717) is 0 Å². The van der Waals surface area contributed by atoms with Crippen LogP contribution in [0.4, 0.5) is 4.39 Å². The van der Waals surface area contributed by atoms with Crippen molar-refractivity contribution in [3.05, 3.63) is 0 Å². The van der Waals surface area contributed by atoms with Crippen molar-refractivity contribution in [3.63, 3.8) is 0 Å². The third-order valence-corrected chi connectivity index (χ3v) is 1.03. The van der Waals surface area contributed by atoms with Crippen molar-refractivity contribution < 1.29 is 9.18 Å². The van der Waals surface area contributed by atoms with Crippen LogP contribution in [0.15, 0.2) is 0 Å². The highest BCUT2D eigenvalue weighted by Crippen LogP contribution is 2.17. The number of halogens is 2. The van der Waals surface area contributed by atoms with Gasteiger partial charge in [-0.15, -0.1) is 0 Å². The van der Waals surface area contributed by atoms with Crippen molar-refractivity contribution in [2.24, 2.45) is 0 Å². The van der Waals surface area contributed by atoms with Gasteiger partial charge in [0.25, 0.3) is 0 Å². The van der Waals surface area contributed by atoms with Crippen molar-refractivity contribution in [2.45, 2.75) is 17.5 Å². The lowest BCUT2D eigenvalue weighted by atomic mass is 10.4. The van der Waals surface area contributed by atoms with E-state index >= 15 is 0 Å². The number of carbonyl (C=O) groups excluding carboxylic acids is 1. The summed E-state index contributed by atoms with van der Waals surface area (Å²) in [6, 6.07) is 0. The molecule has 4 heteroatoms. The molecule has 0 bridgehead atoms. The van der Waals surface area contributed by atoms with Gasteiger partial charge in [-0.3, -0.25) is 4.79 Å².